The van der Waals surface area contributed by atoms with Crippen LogP contribution in [0.2, 0.25) is 0 Å². The van der Waals surface area contributed by atoms with Crippen molar-refractivity contribution < 1.29 is 0 Å². The third-order valence-corrected chi connectivity index (χ3v) is 2.85. The largest absolute Gasteiger partial charge is 0.383 e. The highest BCUT2D eigenvalue weighted by Gasteiger charge is 2.04. The second-order valence-corrected chi connectivity index (χ2v) is 4.27. The second-order valence-electron chi connectivity index (χ2n) is 4.27. The lowest BCUT2D eigenvalue weighted by Gasteiger charge is -2.10. The molecule has 18 heavy (non-hydrogen) atoms. The molecule has 0 saturated heterocycles. The van der Waals surface area contributed by atoms with E-state index in [9.17, 15) is 0 Å². The highest BCUT2D eigenvalue weighted by Crippen LogP contribution is 2.19. The Kier molecular flexibility index (Phi) is 3.63. The van der Waals surface area contributed by atoms with Crippen molar-refractivity contribution in [3.05, 3.63) is 47.3 Å². The number of aromatic nitrogens is 2. The standard InChI is InChI=1S/C14H16N4/c1-11-4-3-5-12(10-15)14(11)16-8-6-13-7-9-18(2)17-13/h3-5,7,9,16H,6,8H2,1-2H3. The van der Waals surface area contributed by atoms with Crippen LogP contribution in [0.1, 0.15) is 16.8 Å². The van der Waals surface area contributed by atoms with Gasteiger partial charge in [0.25, 0.3) is 0 Å². The van der Waals surface area contributed by atoms with Gasteiger partial charge in [-0.2, -0.15) is 10.4 Å². The zero-order valence-electron chi connectivity index (χ0n) is 10.6. The number of hydrogen-bond donors (Lipinski definition) is 1. The Balaban J connectivity index is 2.00. The number of para-hydroxylation sites is 1. The molecule has 4 heteroatoms. The molecule has 2 rings (SSSR count). The van der Waals surface area contributed by atoms with Crippen LogP contribution in [0, 0.1) is 18.3 Å². The SMILES string of the molecule is Cc1cccc(C#N)c1NCCc1ccn(C)n1. The Morgan fingerprint density at radius 3 is 2.89 bits per heavy atom. The topological polar surface area (TPSA) is 53.6 Å². The molecule has 0 fully saturated rings. The molecule has 1 N–H and O–H groups in total. The van der Waals surface area contributed by atoms with Crippen LogP contribution in [0.5, 0.6) is 0 Å². The monoisotopic (exact) mass is 240 g/mol. The molecule has 1 aromatic carbocycles. The van der Waals surface area contributed by atoms with Crippen molar-refractivity contribution in [3.63, 3.8) is 0 Å². The number of nitrogens with zero attached hydrogens (tertiary/aromatic N) is 3. The average Bonchev–Trinajstić information content (AvgIpc) is 2.77. The number of anilines is 1. The molecular weight excluding hydrogens is 224 g/mol. The van der Waals surface area contributed by atoms with Gasteiger partial charge in [-0.15, -0.1) is 0 Å². The molecule has 0 aliphatic heterocycles. The van der Waals surface area contributed by atoms with Crippen molar-refractivity contribution in [2.24, 2.45) is 7.05 Å². The lowest BCUT2D eigenvalue weighted by atomic mass is 10.1. The fourth-order valence-corrected chi connectivity index (χ4v) is 1.91. The van der Waals surface area contributed by atoms with E-state index >= 15 is 0 Å². The van der Waals surface area contributed by atoms with Crippen molar-refractivity contribution in [2.45, 2.75) is 13.3 Å². The van der Waals surface area contributed by atoms with Crippen molar-refractivity contribution in [3.8, 4) is 6.07 Å². The Morgan fingerprint density at radius 1 is 1.39 bits per heavy atom. The summed E-state index contributed by atoms with van der Waals surface area (Å²) >= 11 is 0. The van der Waals surface area contributed by atoms with Gasteiger partial charge in [0.15, 0.2) is 0 Å². The molecule has 0 saturated carbocycles. The first kappa shape index (κ1) is 12.2. The molecule has 2 aromatic rings. The van der Waals surface area contributed by atoms with Crippen LogP contribution in [0.15, 0.2) is 30.5 Å². The van der Waals surface area contributed by atoms with Crippen molar-refractivity contribution in [2.75, 3.05) is 11.9 Å². The quantitative estimate of drug-likeness (QED) is 0.891. The summed E-state index contributed by atoms with van der Waals surface area (Å²) in [6.07, 6.45) is 2.78. The number of nitriles is 1. The van der Waals surface area contributed by atoms with Crippen LogP contribution in [-0.2, 0) is 13.5 Å². The minimum atomic E-state index is 0.691. The van der Waals surface area contributed by atoms with E-state index in [1.807, 2.05) is 44.4 Å². The van der Waals surface area contributed by atoms with E-state index in [0.29, 0.717) is 5.56 Å². The summed E-state index contributed by atoms with van der Waals surface area (Å²) in [5.41, 5.74) is 3.76. The molecule has 0 aliphatic carbocycles. The van der Waals surface area contributed by atoms with Crippen LogP contribution >= 0.6 is 0 Å². The smallest absolute Gasteiger partial charge is 0.101 e. The first-order valence-electron chi connectivity index (χ1n) is 5.93. The molecule has 92 valence electrons. The van der Waals surface area contributed by atoms with E-state index in [1.54, 1.807) is 4.68 Å². The number of rotatable bonds is 4. The van der Waals surface area contributed by atoms with Crippen LogP contribution in [-0.4, -0.2) is 16.3 Å². The molecule has 0 spiro atoms. The van der Waals surface area contributed by atoms with Gasteiger partial charge in [0.05, 0.1) is 16.9 Å². The van der Waals surface area contributed by atoms with Crippen molar-refractivity contribution >= 4 is 5.69 Å². The van der Waals surface area contributed by atoms with Gasteiger partial charge in [-0.3, -0.25) is 4.68 Å². The zero-order valence-corrected chi connectivity index (χ0v) is 10.6. The van der Waals surface area contributed by atoms with E-state index < -0.39 is 0 Å². The molecular formula is C14H16N4. The van der Waals surface area contributed by atoms with Gasteiger partial charge in [0, 0.05) is 26.2 Å². The average molecular weight is 240 g/mol. The summed E-state index contributed by atoms with van der Waals surface area (Å²) in [6, 6.07) is 9.95. The highest BCUT2D eigenvalue weighted by atomic mass is 15.2. The summed E-state index contributed by atoms with van der Waals surface area (Å²) in [5, 5.41) is 16.7. The summed E-state index contributed by atoms with van der Waals surface area (Å²) in [5.74, 6) is 0. The molecule has 0 atom stereocenters. The lowest BCUT2D eigenvalue weighted by Crippen LogP contribution is -2.08. The van der Waals surface area contributed by atoms with Crippen LogP contribution in [0.25, 0.3) is 0 Å². The number of aryl methyl sites for hydroxylation is 2. The Labute approximate surface area is 107 Å². The Hall–Kier alpha value is -2.28. The van der Waals surface area contributed by atoms with Gasteiger partial charge in [0.1, 0.15) is 6.07 Å². The Morgan fingerprint density at radius 2 is 2.22 bits per heavy atom. The molecule has 0 bridgehead atoms. The maximum atomic E-state index is 9.06. The maximum absolute atomic E-state index is 9.06. The van der Waals surface area contributed by atoms with E-state index in [1.165, 1.54) is 0 Å². The minimum Gasteiger partial charge on any atom is -0.383 e. The number of hydrogen-bond acceptors (Lipinski definition) is 3. The molecule has 1 aromatic heterocycles. The van der Waals surface area contributed by atoms with Crippen LogP contribution in [0.3, 0.4) is 0 Å². The second kappa shape index (κ2) is 5.37. The first-order valence-corrected chi connectivity index (χ1v) is 5.93. The molecule has 1 heterocycles. The predicted octanol–water partition coefficient (Wildman–Crippen LogP) is 2.25. The van der Waals surface area contributed by atoms with E-state index in [4.69, 9.17) is 5.26 Å². The van der Waals surface area contributed by atoms with Gasteiger partial charge in [-0.1, -0.05) is 12.1 Å². The lowest BCUT2D eigenvalue weighted by molar-refractivity contribution is 0.742. The molecule has 0 aliphatic rings. The predicted molar refractivity (Wildman–Crippen MR) is 71.3 cm³/mol. The molecule has 0 amide bonds. The maximum Gasteiger partial charge on any atom is 0.101 e. The zero-order chi connectivity index (χ0) is 13.0. The minimum absolute atomic E-state index is 0.691. The number of benzene rings is 1. The van der Waals surface area contributed by atoms with Gasteiger partial charge < -0.3 is 5.32 Å². The van der Waals surface area contributed by atoms with Crippen LogP contribution in [0.4, 0.5) is 5.69 Å². The fourth-order valence-electron chi connectivity index (χ4n) is 1.91. The van der Waals surface area contributed by atoms with Crippen molar-refractivity contribution in [1.82, 2.24) is 9.78 Å². The van der Waals surface area contributed by atoms with Crippen molar-refractivity contribution in [1.29, 1.82) is 5.26 Å². The van der Waals surface area contributed by atoms with Crippen LogP contribution < -0.4 is 5.32 Å². The third-order valence-electron chi connectivity index (χ3n) is 2.85. The molecule has 0 radical (unpaired) electrons. The summed E-state index contributed by atoms with van der Waals surface area (Å²) in [7, 11) is 1.91. The summed E-state index contributed by atoms with van der Waals surface area (Å²) < 4.78 is 1.80. The molecule has 0 unspecified atom stereocenters. The molecule has 4 nitrogen and oxygen atoms in total. The van der Waals surface area contributed by atoms with E-state index in [0.717, 1.165) is 29.9 Å². The normalized spacial score (nSPS) is 10.1. The third kappa shape index (κ3) is 2.69. The fraction of sp³-hybridized carbons (Fsp3) is 0.286. The highest BCUT2D eigenvalue weighted by molar-refractivity contribution is 5.62. The van der Waals surface area contributed by atoms with Gasteiger partial charge >= 0.3 is 0 Å². The first-order chi connectivity index (χ1) is 8.70. The van der Waals surface area contributed by atoms with E-state index in [2.05, 4.69) is 16.5 Å². The Bertz CT molecular complexity index is 578. The number of nitrogens with one attached hydrogen (secondary N) is 1. The van der Waals surface area contributed by atoms with Gasteiger partial charge in [0.2, 0.25) is 0 Å². The van der Waals surface area contributed by atoms with E-state index in [-0.39, 0.29) is 0 Å². The van der Waals surface area contributed by atoms with Gasteiger partial charge in [-0.25, -0.2) is 0 Å². The summed E-state index contributed by atoms with van der Waals surface area (Å²) in [4.78, 5) is 0. The summed E-state index contributed by atoms with van der Waals surface area (Å²) in [6.45, 7) is 2.78. The van der Waals surface area contributed by atoms with Gasteiger partial charge in [-0.05, 0) is 24.6 Å².